The van der Waals surface area contributed by atoms with Gasteiger partial charge in [0.05, 0.1) is 25.0 Å². The Morgan fingerprint density at radius 2 is 1.97 bits per heavy atom. The lowest BCUT2D eigenvalue weighted by Crippen LogP contribution is -2.38. The van der Waals surface area contributed by atoms with Crippen molar-refractivity contribution in [2.75, 3.05) is 13.7 Å². The zero-order chi connectivity index (χ0) is 22.0. The van der Waals surface area contributed by atoms with Gasteiger partial charge in [0.1, 0.15) is 17.3 Å². The summed E-state index contributed by atoms with van der Waals surface area (Å²) < 4.78 is 20.5. The number of aromatic nitrogens is 3. The van der Waals surface area contributed by atoms with E-state index in [4.69, 9.17) is 4.74 Å². The Morgan fingerprint density at radius 1 is 1.19 bits per heavy atom. The van der Waals surface area contributed by atoms with Gasteiger partial charge in [-0.05, 0) is 68.2 Å². The van der Waals surface area contributed by atoms with Crippen molar-refractivity contribution in [2.24, 2.45) is 0 Å². The van der Waals surface area contributed by atoms with Crippen LogP contribution in [0.15, 0.2) is 54.2 Å². The molecule has 4 rings (SSSR count). The van der Waals surface area contributed by atoms with E-state index in [-0.39, 0.29) is 17.8 Å². The van der Waals surface area contributed by atoms with Crippen LogP contribution >= 0.6 is 0 Å². The minimum absolute atomic E-state index is 0.0121. The standard InChI is InChI=1S/C24H25FN4O2/c1-16-15-29(27-26-16)22-11-6-18(14-23(22)31-3)13-20-5-4-12-28(24(20)30)17(2)19-7-9-21(25)10-8-19/h6-11,13-15,17H,4-5,12H2,1-3H3/b20-13+/t17-/m0/s1. The van der Waals surface area contributed by atoms with Crippen molar-refractivity contribution < 1.29 is 13.9 Å². The molecule has 0 spiro atoms. The van der Waals surface area contributed by atoms with Crippen LogP contribution in [0.4, 0.5) is 4.39 Å². The van der Waals surface area contributed by atoms with Crippen molar-refractivity contribution in [2.45, 2.75) is 32.7 Å². The molecule has 0 radical (unpaired) electrons. The van der Waals surface area contributed by atoms with E-state index in [1.807, 2.05) is 49.2 Å². The fraction of sp³-hybridized carbons (Fsp3) is 0.292. The summed E-state index contributed by atoms with van der Waals surface area (Å²) in [5.74, 6) is 0.386. The summed E-state index contributed by atoms with van der Waals surface area (Å²) in [7, 11) is 1.61. The van der Waals surface area contributed by atoms with Crippen LogP contribution in [-0.4, -0.2) is 39.5 Å². The van der Waals surface area contributed by atoms with Gasteiger partial charge in [-0.1, -0.05) is 23.4 Å². The third-order valence-corrected chi connectivity index (χ3v) is 5.60. The molecular formula is C24H25FN4O2. The quantitative estimate of drug-likeness (QED) is 0.571. The van der Waals surface area contributed by atoms with E-state index in [1.54, 1.807) is 23.9 Å². The van der Waals surface area contributed by atoms with E-state index >= 15 is 0 Å². The SMILES string of the molecule is COc1cc(/C=C2\CCCN([C@@H](C)c3ccc(F)cc3)C2=O)ccc1-n1cc(C)nn1. The monoisotopic (exact) mass is 420 g/mol. The van der Waals surface area contributed by atoms with Gasteiger partial charge < -0.3 is 9.64 Å². The first-order valence-corrected chi connectivity index (χ1v) is 10.3. The number of carbonyl (C=O) groups excluding carboxylic acids is 1. The number of piperidine rings is 1. The Kier molecular flexibility index (Phi) is 5.84. The summed E-state index contributed by atoms with van der Waals surface area (Å²) in [6.45, 7) is 4.54. The number of likely N-dealkylation sites (tertiary alicyclic amines) is 1. The minimum Gasteiger partial charge on any atom is -0.494 e. The van der Waals surface area contributed by atoms with Gasteiger partial charge in [0, 0.05) is 12.1 Å². The molecule has 1 fully saturated rings. The predicted octanol–water partition coefficient (Wildman–Crippen LogP) is 4.49. The fourth-order valence-corrected chi connectivity index (χ4v) is 3.90. The first-order chi connectivity index (χ1) is 15.0. The van der Waals surface area contributed by atoms with Gasteiger partial charge in [-0.25, -0.2) is 9.07 Å². The average molecular weight is 420 g/mol. The van der Waals surface area contributed by atoms with E-state index in [0.717, 1.165) is 40.9 Å². The van der Waals surface area contributed by atoms with E-state index in [9.17, 15) is 9.18 Å². The maximum absolute atomic E-state index is 13.3. The summed E-state index contributed by atoms with van der Waals surface area (Å²) in [6, 6.07) is 12.0. The predicted molar refractivity (Wildman–Crippen MR) is 116 cm³/mol. The summed E-state index contributed by atoms with van der Waals surface area (Å²) in [6.07, 6.45) is 5.36. The number of nitrogens with zero attached hydrogens (tertiary/aromatic N) is 4. The van der Waals surface area contributed by atoms with Crippen LogP contribution in [0.1, 0.15) is 42.6 Å². The second kappa shape index (κ2) is 8.71. The third kappa shape index (κ3) is 4.35. The first kappa shape index (κ1) is 20.8. The Bertz CT molecular complexity index is 1120. The number of aryl methyl sites for hydroxylation is 1. The smallest absolute Gasteiger partial charge is 0.250 e. The fourth-order valence-electron chi connectivity index (χ4n) is 3.90. The molecule has 6 nitrogen and oxygen atoms in total. The highest BCUT2D eigenvalue weighted by molar-refractivity contribution is 5.98. The maximum atomic E-state index is 13.3. The normalized spacial score (nSPS) is 16.6. The first-order valence-electron chi connectivity index (χ1n) is 10.3. The molecule has 160 valence electrons. The highest BCUT2D eigenvalue weighted by atomic mass is 19.1. The lowest BCUT2D eigenvalue weighted by molar-refractivity contribution is -0.130. The van der Waals surface area contributed by atoms with Crippen LogP contribution in [0.25, 0.3) is 11.8 Å². The van der Waals surface area contributed by atoms with Crippen LogP contribution in [-0.2, 0) is 4.79 Å². The molecule has 2 aromatic carbocycles. The number of rotatable bonds is 5. The molecule has 7 heteroatoms. The van der Waals surface area contributed by atoms with Crippen molar-refractivity contribution in [3.63, 3.8) is 0 Å². The van der Waals surface area contributed by atoms with Crippen LogP contribution in [0.2, 0.25) is 0 Å². The molecular weight excluding hydrogens is 395 g/mol. The molecule has 31 heavy (non-hydrogen) atoms. The van der Waals surface area contributed by atoms with E-state index in [1.165, 1.54) is 12.1 Å². The van der Waals surface area contributed by atoms with Gasteiger partial charge in [0.15, 0.2) is 0 Å². The Balaban J connectivity index is 1.59. The average Bonchev–Trinajstić information content (AvgIpc) is 3.21. The summed E-state index contributed by atoms with van der Waals surface area (Å²) >= 11 is 0. The molecule has 0 N–H and O–H groups in total. The zero-order valence-corrected chi connectivity index (χ0v) is 17.9. The van der Waals surface area contributed by atoms with Gasteiger partial charge >= 0.3 is 0 Å². The molecule has 0 aliphatic carbocycles. The number of carbonyl (C=O) groups is 1. The Hall–Kier alpha value is -3.48. The van der Waals surface area contributed by atoms with Crippen LogP contribution in [0, 0.1) is 12.7 Å². The highest BCUT2D eigenvalue weighted by Crippen LogP contribution is 2.30. The largest absolute Gasteiger partial charge is 0.494 e. The van der Waals surface area contributed by atoms with E-state index < -0.39 is 0 Å². The molecule has 0 saturated carbocycles. The van der Waals surface area contributed by atoms with Crippen molar-refractivity contribution in [1.29, 1.82) is 0 Å². The lowest BCUT2D eigenvalue weighted by Gasteiger charge is -2.34. The number of hydrogen-bond acceptors (Lipinski definition) is 4. The van der Waals surface area contributed by atoms with Gasteiger partial charge in [-0.2, -0.15) is 0 Å². The molecule has 1 amide bonds. The summed E-state index contributed by atoms with van der Waals surface area (Å²) in [4.78, 5) is 15.0. The van der Waals surface area contributed by atoms with Gasteiger partial charge in [0.25, 0.3) is 0 Å². The van der Waals surface area contributed by atoms with Crippen molar-refractivity contribution in [1.82, 2.24) is 19.9 Å². The van der Waals surface area contributed by atoms with Gasteiger partial charge in [0.2, 0.25) is 5.91 Å². The molecule has 1 aliphatic rings. The minimum atomic E-state index is -0.278. The lowest BCUT2D eigenvalue weighted by atomic mass is 9.97. The number of halogens is 1. The molecule has 0 bridgehead atoms. The van der Waals surface area contributed by atoms with Crippen LogP contribution < -0.4 is 4.74 Å². The van der Waals surface area contributed by atoms with Crippen molar-refractivity contribution >= 4 is 12.0 Å². The Morgan fingerprint density at radius 3 is 2.65 bits per heavy atom. The van der Waals surface area contributed by atoms with Crippen LogP contribution in [0.3, 0.4) is 0 Å². The molecule has 1 aromatic heterocycles. The second-order valence-corrected chi connectivity index (χ2v) is 7.73. The number of amides is 1. The highest BCUT2D eigenvalue weighted by Gasteiger charge is 2.28. The number of ether oxygens (including phenoxy) is 1. The topological polar surface area (TPSA) is 60.2 Å². The second-order valence-electron chi connectivity index (χ2n) is 7.73. The van der Waals surface area contributed by atoms with Crippen molar-refractivity contribution in [3.8, 4) is 11.4 Å². The zero-order valence-electron chi connectivity index (χ0n) is 17.9. The molecule has 1 atom stereocenters. The molecule has 1 saturated heterocycles. The van der Waals surface area contributed by atoms with E-state index in [2.05, 4.69) is 10.3 Å². The number of hydrogen-bond donors (Lipinski definition) is 0. The molecule has 1 aliphatic heterocycles. The third-order valence-electron chi connectivity index (χ3n) is 5.60. The molecule has 3 aromatic rings. The summed E-state index contributed by atoms with van der Waals surface area (Å²) in [5, 5.41) is 8.13. The molecule has 2 heterocycles. The van der Waals surface area contributed by atoms with Gasteiger partial charge in [-0.15, -0.1) is 5.10 Å². The Labute approximate surface area is 180 Å². The maximum Gasteiger partial charge on any atom is 0.250 e. The molecule has 0 unspecified atom stereocenters. The van der Waals surface area contributed by atoms with Crippen molar-refractivity contribution in [3.05, 3.63) is 76.9 Å². The summed E-state index contributed by atoms with van der Waals surface area (Å²) in [5.41, 5.74) is 4.16. The van der Waals surface area contributed by atoms with E-state index in [0.29, 0.717) is 12.3 Å². The number of benzene rings is 2. The van der Waals surface area contributed by atoms with Crippen LogP contribution in [0.5, 0.6) is 5.75 Å². The van der Waals surface area contributed by atoms with Gasteiger partial charge in [-0.3, -0.25) is 4.79 Å². The number of methoxy groups -OCH3 is 1.